The summed E-state index contributed by atoms with van der Waals surface area (Å²) in [5, 5.41) is 6.74. The number of nitrogens with one attached hydrogen (secondary N) is 2. The Morgan fingerprint density at radius 1 is 0.903 bits per heavy atom. The number of hydrogen-bond donors (Lipinski definition) is 2. The van der Waals surface area contributed by atoms with Crippen molar-refractivity contribution in [1.29, 1.82) is 0 Å². The van der Waals surface area contributed by atoms with E-state index in [9.17, 15) is 4.79 Å². The number of amides is 2. The Hall–Kier alpha value is -3.73. The van der Waals surface area contributed by atoms with Crippen LogP contribution in [-0.4, -0.2) is 20.1 Å². The van der Waals surface area contributed by atoms with Crippen LogP contribution in [0.15, 0.2) is 77.2 Å². The fourth-order valence-corrected chi connectivity index (χ4v) is 3.65. The molecule has 0 spiro atoms. The molecule has 5 heteroatoms. The lowest BCUT2D eigenvalue weighted by atomic mass is 9.96. The number of urea groups is 1. The molecule has 0 aliphatic carbocycles. The number of para-hydroxylation sites is 1. The van der Waals surface area contributed by atoms with Gasteiger partial charge in [0, 0.05) is 36.4 Å². The highest BCUT2D eigenvalue weighted by Crippen LogP contribution is 2.35. The molecule has 0 atom stereocenters. The zero-order chi connectivity index (χ0) is 22.0. The third-order valence-corrected chi connectivity index (χ3v) is 5.28. The molecule has 0 aliphatic heterocycles. The topological polar surface area (TPSA) is 57.5 Å². The molecule has 31 heavy (non-hydrogen) atoms. The van der Waals surface area contributed by atoms with Gasteiger partial charge in [0.25, 0.3) is 0 Å². The Morgan fingerprint density at radius 2 is 1.65 bits per heavy atom. The summed E-state index contributed by atoms with van der Waals surface area (Å²) >= 11 is 0. The summed E-state index contributed by atoms with van der Waals surface area (Å²) in [6.45, 7) is 4.34. The molecule has 0 saturated carbocycles. The highest BCUT2D eigenvalue weighted by molar-refractivity contribution is 6.05. The predicted molar refractivity (Wildman–Crippen MR) is 129 cm³/mol. The zero-order valence-corrected chi connectivity index (χ0v) is 18.3. The first-order valence-corrected chi connectivity index (χ1v) is 10.4. The van der Waals surface area contributed by atoms with Crippen LogP contribution in [-0.2, 0) is 0 Å². The molecule has 1 heterocycles. The van der Waals surface area contributed by atoms with Gasteiger partial charge < -0.3 is 20.0 Å². The molecule has 3 aromatic carbocycles. The summed E-state index contributed by atoms with van der Waals surface area (Å²) in [7, 11) is 3.96. The summed E-state index contributed by atoms with van der Waals surface area (Å²) in [5.74, 6) is 1.18. The molecular weight excluding hydrogens is 386 g/mol. The maximum atomic E-state index is 12.6. The van der Waals surface area contributed by atoms with Crippen molar-refractivity contribution in [2.24, 2.45) is 0 Å². The third-order valence-electron chi connectivity index (χ3n) is 5.28. The SMILES string of the molecule is CC(C)c1ccccc1-c1cc2cccc(NC(=O)Nc3ccc(N(C)C)cc3)c2o1. The van der Waals surface area contributed by atoms with Crippen molar-refractivity contribution >= 4 is 34.1 Å². The van der Waals surface area contributed by atoms with Crippen molar-refractivity contribution in [2.75, 3.05) is 29.6 Å². The summed E-state index contributed by atoms with van der Waals surface area (Å²) in [5.41, 5.74) is 5.39. The predicted octanol–water partition coefficient (Wildman–Crippen LogP) is 6.93. The summed E-state index contributed by atoms with van der Waals surface area (Å²) in [4.78, 5) is 14.6. The number of benzene rings is 3. The molecule has 4 aromatic rings. The number of anilines is 3. The van der Waals surface area contributed by atoms with E-state index in [0.29, 0.717) is 17.2 Å². The molecule has 0 fully saturated rings. The molecule has 4 rings (SSSR count). The number of furan rings is 1. The van der Waals surface area contributed by atoms with E-state index in [2.05, 4.69) is 36.6 Å². The second-order valence-electron chi connectivity index (χ2n) is 8.10. The van der Waals surface area contributed by atoms with Crippen LogP contribution < -0.4 is 15.5 Å². The lowest BCUT2D eigenvalue weighted by molar-refractivity contribution is 0.262. The van der Waals surface area contributed by atoms with Gasteiger partial charge in [0.15, 0.2) is 5.58 Å². The second-order valence-corrected chi connectivity index (χ2v) is 8.10. The van der Waals surface area contributed by atoms with Crippen molar-refractivity contribution in [1.82, 2.24) is 0 Å². The summed E-state index contributed by atoms with van der Waals surface area (Å²) in [6, 6.07) is 23.4. The van der Waals surface area contributed by atoms with Crippen molar-refractivity contribution in [3.05, 3.63) is 78.4 Å². The Morgan fingerprint density at radius 3 is 2.35 bits per heavy atom. The standard InChI is InChI=1S/C26H27N3O2/c1-17(2)21-9-5-6-10-22(21)24-16-18-8-7-11-23(25(18)31-24)28-26(30)27-19-12-14-20(15-13-19)29(3)4/h5-17H,1-4H3,(H2,27,28,30). The van der Waals surface area contributed by atoms with Crippen molar-refractivity contribution < 1.29 is 9.21 Å². The van der Waals surface area contributed by atoms with E-state index in [1.54, 1.807) is 0 Å². The second kappa shape index (κ2) is 8.56. The van der Waals surface area contributed by atoms with E-state index in [0.717, 1.165) is 28.1 Å². The average molecular weight is 414 g/mol. The molecule has 158 valence electrons. The lowest BCUT2D eigenvalue weighted by Crippen LogP contribution is -2.19. The van der Waals surface area contributed by atoms with Gasteiger partial charge in [-0.15, -0.1) is 0 Å². The Balaban J connectivity index is 1.58. The van der Waals surface area contributed by atoms with Crippen LogP contribution in [0.1, 0.15) is 25.3 Å². The molecule has 0 saturated heterocycles. The maximum absolute atomic E-state index is 12.6. The van der Waals surface area contributed by atoms with Crippen LogP contribution in [0.5, 0.6) is 0 Å². The Labute approximate surface area is 182 Å². The van der Waals surface area contributed by atoms with Crippen LogP contribution in [0.2, 0.25) is 0 Å². The quantitative estimate of drug-likeness (QED) is 0.373. The summed E-state index contributed by atoms with van der Waals surface area (Å²) in [6.07, 6.45) is 0. The minimum absolute atomic E-state index is 0.314. The fourth-order valence-electron chi connectivity index (χ4n) is 3.65. The van der Waals surface area contributed by atoms with Gasteiger partial charge in [-0.1, -0.05) is 50.2 Å². The molecular formula is C26H27N3O2. The van der Waals surface area contributed by atoms with Crippen molar-refractivity contribution in [3.63, 3.8) is 0 Å². The van der Waals surface area contributed by atoms with Gasteiger partial charge in [-0.2, -0.15) is 0 Å². The van der Waals surface area contributed by atoms with Gasteiger partial charge in [0.05, 0.1) is 5.69 Å². The van der Waals surface area contributed by atoms with Gasteiger partial charge in [-0.05, 0) is 47.9 Å². The highest BCUT2D eigenvalue weighted by Gasteiger charge is 2.15. The normalized spacial score (nSPS) is 11.0. The van der Waals surface area contributed by atoms with Crippen molar-refractivity contribution in [2.45, 2.75) is 19.8 Å². The molecule has 2 amide bonds. The smallest absolute Gasteiger partial charge is 0.323 e. The first-order chi connectivity index (χ1) is 14.9. The van der Waals surface area contributed by atoms with Gasteiger partial charge in [0.1, 0.15) is 5.76 Å². The molecule has 1 aromatic heterocycles. The number of carbonyl (C=O) groups excluding carboxylic acids is 1. The fraction of sp³-hybridized carbons (Fsp3) is 0.192. The molecule has 0 unspecified atom stereocenters. The first-order valence-electron chi connectivity index (χ1n) is 10.4. The van der Waals surface area contributed by atoms with Gasteiger partial charge in [-0.25, -0.2) is 4.79 Å². The first kappa shape index (κ1) is 20.5. The monoisotopic (exact) mass is 413 g/mol. The van der Waals surface area contributed by atoms with E-state index in [1.165, 1.54) is 5.56 Å². The largest absolute Gasteiger partial charge is 0.454 e. The third kappa shape index (κ3) is 4.40. The Kier molecular flexibility index (Phi) is 5.67. The molecule has 2 N–H and O–H groups in total. The minimum atomic E-state index is -0.314. The van der Waals surface area contributed by atoms with Crippen LogP contribution in [0.3, 0.4) is 0 Å². The van der Waals surface area contributed by atoms with E-state index in [-0.39, 0.29) is 6.03 Å². The molecule has 0 radical (unpaired) electrons. The molecule has 5 nitrogen and oxygen atoms in total. The number of fused-ring (bicyclic) bond motifs is 1. The van der Waals surface area contributed by atoms with Crippen LogP contribution in [0, 0.1) is 0 Å². The lowest BCUT2D eigenvalue weighted by Gasteiger charge is -2.13. The zero-order valence-electron chi connectivity index (χ0n) is 18.3. The minimum Gasteiger partial charge on any atom is -0.454 e. The highest BCUT2D eigenvalue weighted by atomic mass is 16.3. The van der Waals surface area contributed by atoms with Crippen molar-refractivity contribution in [3.8, 4) is 11.3 Å². The molecule has 0 aliphatic rings. The maximum Gasteiger partial charge on any atom is 0.323 e. The van der Waals surface area contributed by atoms with Gasteiger partial charge in [0.2, 0.25) is 0 Å². The number of hydrogen-bond acceptors (Lipinski definition) is 3. The van der Waals surface area contributed by atoms with E-state index in [1.807, 2.05) is 79.7 Å². The average Bonchev–Trinajstić information content (AvgIpc) is 3.19. The number of nitrogens with zero attached hydrogens (tertiary/aromatic N) is 1. The molecule has 0 bridgehead atoms. The van der Waals surface area contributed by atoms with E-state index < -0.39 is 0 Å². The Bertz CT molecular complexity index is 1210. The summed E-state index contributed by atoms with van der Waals surface area (Å²) < 4.78 is 6.22. The van der Waals surface area contributed by atoms with E-state index in [4.69, 9.17) is 4.42 Å². The van der Waals surface area contributed by atoms with E-state index >= 15 is 0 Å². The van der Waals surface area contributed by atoms with Gasteiger partial charge >= 0.3 is 6.03 Å². The van der Waals surface area contributed by atoms with Gasteiger partial charge in [-0.3, -0.25) is 0 Å². The number of rotatable bonds is 5. The number of carbonyl (C=O) groups is 1. The van der Waals surface area contributed by atoms with Crippen LogP contribution in [0.4, 0.5) is 21.9 Å². The van der Waals surface area contributed by atoms with Crippen LogP contribution in [0.25, 0.3) is 22.3 Å². The van der Waals surface area contributed by atoms with Crippen LogP contribution >= 0.6 is 0 Å².